The number of anilines is 2. The third kappa shape index (κ3) is 4.35. The normalized spacial score (nSPS) is 15.3. The van der Waals surface area contributed by atoms with Crippen molar-refractivity contribution in [3.63, 3.8) is 0 Å². The minimum Gasteiger partial charge on any atom is -0.486 e. The Kier molecular flexibility index (Phi) is 5.62. The number of hydrogen-bond donors (Lipinski definition) is 1. The Hall–Kier alpha value is -4.20. The Morgan fingerprint density at radius 3 is 2.43 bits per heavy atom. The van der Waals surface area contributed by atoms with Gasteiger partial charge < -0.3 is 29.2 Å². The van der Waals surface area contributed by atoms with Crippen molar-refractivity contribution in [2.75, 3.05) is 49.6 Å². The number of piperazine rings is 1. The van der Waals surface area contributed by atoms with E-state index in [2.05, 4.69) is 57.2 Å². The maximum atomic E-state index is 12.9. The number of ether oxygens (including phenoxy) is 2. The molecule has 0 radical (unpaired) electrons. The molecule has 2 amide bonds. The summed E-state index contributed by atoms with van der Waals surface area (Å²) in [6.07, 6.45) is 0. The SMILES string of the molecule is O=C(Nc1ccc2c(c1)OCCO2)N1CCN(c2nc3ccccc3n2Cc2ccccc2)CC1. The molecule has 35 heavy (non-hydrogen) atoms. The van der Waals surface area contributed by atoms with Gasteiger partial charge in [-0.05, 0) is 29.8 Å². The number of urea groups is 1. The molecule has 0 unspecified atom stereocenters. The quantitative estimate of drug-likeness (QED) is 0.485. The topological polar surface area (TPSA) is 71.9 Å². The second kappa shape index (κ2) is 9.21. The summed E-state index contributed by atoms with van der Waals surface area (Å²) in [6, 6.07) is 24.1. The summed E-state index contributed by atoms with van der Waals surface area (Å²) in [5.74, 6) is 2.32. The van der Waals surface area contributed by atoms with Crippen molar-refractivity contribution < 1.29 is 14.3 Å². The number of benzene rings is 3. The number of imidazole rings is 1. The van der Waals surface area contributed by atoms with Gasteiger partial charge in [-0.2, -0.15) is 0 Å². The van der Waals surface area contributed by atoms with Gasteiger partial charge in [0.05, 0.1) is 17.6 Å². The Bertz CT molecular complexity index is 1350. The number of carbonyl (C=O) groups excluding carboxylic acids is 1. The number of hydrogen-bond acceptors (Lipinski definition) is 5. The number of nitrogens with zero attached hydrogens (tertiary/aromatic N) is 4. The van der Waals surface area contributed by atoms with Gasteiger partial charge in [-0.3, -0.25) is 0 Å². The highest BCUT2D eigenvalue weighted by atomic mass is 16.6. The second-order valence-corrected chi connectivity index (χ2v) is 8.73. The Labute approximate surface area is 203 Å². The zero-order chi connectivity index (χ0) is 23.6. The Morgan fingerprint density at radius 2 is 1.60 bits per heavy atom. The number of rotatable bonds is 4. The maximum absolute atomic E-state index is 12.9. The number of amides is 2. The molecule has 1 fully saturated rings. The van der Waals surface area contributed by atoms with Crippen LogP contribution in [0.4, 0.5) is 16.4 Å². The molecule has 0 saturated carbocycles. The van der Waals surface area contributed by atoms with Gasteiger partial charge >= 0.3 is 6.03 Å². The molecule has 2 aliphatic heterocycles. The first-order valence-electron chi connectivity index (χ1n) is 11.9. The van der Waals surface area contributed by atoms with Crippen LogP contribution in [0.5, 0.6) is 11.5 Å². The van der Waals surface area contributed by atoms with Crippen LogP contribution in [0.25, 0.3) is 11.0 Å². The summed E-state index contributed by atoms with van der Waals surface area (Å²) in [6.45, 7) is 4.47. The average molecular weight is 470 g/mol. The standard InChI is InChI=1S/C27H27N5O3/c33-27(28-21-10-11-24-25(18-21)35-17-16-34-24)31-14-12-30(13-15-31)26-29-22-8-4-5-9-23(22)32(26)19-20-6-2-1-3-7-20/h1-11,18H,12-17,19H2,(H,28,33). The number of aromatic nitrogens is 2. The number of carbonyl (C=O) groups is 1. The fraction of sp³-hybridized carbons (Fsp3) is 0.259. The van der Waals surface area contributed by atoms with E-state index in [1.807, 2.05) is 35.2 Å². The minimum atomic E-state index is -0.112. The Balaban J connectivity index is 1.16. The summed E-state index contributed by atoms with van der Waals surface area (Å²) < 4.78 is 13.5. The number of fused-ring (bicyclic) bond motifs is 2. The molecule has 8 heteroatoms. The van der Waals surface area contributed by atoms with E-state index in [-0.39, 0.29) is 6.03 Å². The van der Waals surface area contributed by atoms with E-state index >= 15 is 0 Å². The summed E-state index contributed by atoms with van der Waals surface area (Å²) in [5.41, 5.74) is 4.03. The second-order valence-electron chi connectivity index (χ2n) is 8.73. The van der Waals surface area contributed by atoms with E-state index in [1.54, 1.807) is 0 Å². The molecule has 2 aliphatic rings. The molecule has 8 nitrogen and oxygen atoms in total. The van der Waals surface area contributed by atoms with Crippen LogP contribution in [-0.2, 0) is 6.54 Å². The zero-order valence-corrected chi connectivity index (χ0v) is 19.4. The first-order valence-corrected chi connectivity index (χ1v) is 11.9. The lowest BCUT2D eigenvalue weighted by Gasteiger charge is -2.35. The molecule has 0 aliphatic carbocycles. The first kappa shape index (κ1) is 21.3. The highest BCUT2D eigenvalue weighted by molar-refractivity contribution is 5.90. The van der Waals surface area contributed by atoms with Crippen molar-refractivity contribution in [1.29, 1.82) is 0 Å². The molecular formula is C27H27N5O3. The van der Waals surface area contributed by atoms with Crippen molar-refractivity contribution in [2.45, 2.75) is 6.54 Å². The van der Waals surface area contributed by atoms with Crippen LogP contribution in [-0.4, -0.2) is 59.9 Å². The molecule has 3 heterocycles. The summed E-state index contributed by atoms with van der Waals surface area (Å²) in [5, 5.41) is 2.99. The van der Waals surface area contributed by atoms with E-state index in [0.717, 1.165) is 23.5 Å². The van der Waals surface area contributed by atoms with Gasteiger partial charge in [0, 0.05) is 37.9 Å². The molecule has 1 aromatic heterocycles. The Morgan fingerprint density at radius 1 is 0.857 bits per heavy atom. The van der Waals surface area contributed by atoms with Gasteiger partial charge in [-0.25, -0.2) is 9.78 Å². The summed E-state index contributed by atoms with van der Waals surface area (Å²) in [4.78, 5) is 22.0. The smallest absolute Gasteiger partial charge is 0.321 e. The predicted molar refractivity (Wildman–Crippen MR) is 136 cm³/mol. The lowest BCUT2D eigenvalue weighted by molar-refractivity contribution is 0.171. The van der Waals surface area contributed by atoms with Gasteiger partial charge in [0.2, 0.25) is 5.95 Å². The van der Waals surface area contributed by atoms with Crippen LogP contribution in [0.15, 0.2) is 72.8 Å². The van der Waals surface area contributed by atoms with Crippen molar-refractivity contribution >= 4 is 28.7 Å². The van der Waals surface area contributed by atoms with E-state index in [0.29, 0.717) is 56.6 Å². The fourth-order valence-corrected chi connectivity index (χ4v) is 4.66. The molecule has 0 atom stereocenters. The van der Waals surface area contributed by atoms with E-state index in [4.69, 9.17) is 14.5 Å². The molecule has 1 saturated heterocycles. The highest BCUT2D eigenvalue weighted by Gasteiger charge is 2.25. The molecule has 1 N–H and O–H groups in total. The highest BCUT2D eigenvalue weighted by Crippen LogP contribution is 2.32. The molecule has 178 valence electrons. The molecule has 0 spiro atoms. The molecule has 6 rings (SSSR count). The van der Waals surface area contributed by atoms with Crippen LogP contribution in [0.3, 0.4) is 0 Å². The van der Waals surface area contributed by atoms with Crippen molar-refractivity contribution in [3.8, 4) is 11.5 Å². The van der Waals surface area contributed by atoms with Crippen molar-refractivity contribution in [1.82, 2.24) is 14.5 Å². The fourth-order valence-electron chi connectivity index (χ4n) is 4.66. The third-order valence-corrected chi connectivity index (χ3v) is 6.46. The van der Waals surface area contributed by atoms with E-state index in [9.17, 15) is 4.79 Å². The van der Waals surface area contributed by atoms with Gasteiger partial charge in [-0.1, -0.05) is 42.5 Å². The van der Waals surface area contributed by atoms with Gasteiger partial charge in [0.1, 0.15) is 13.2 Å². The van der Waals surface area contributed by atoms with E-state index in [1.165, 1.54) is 5.56 Å². The minimum absolute atomic E-state index is 0.112. The monoisotopic (exact) mass is 469 g/mol. The van der Waals surface area contributed by atoms with Crippen molar-refractivity contribution in [3.05, 3.63) is 78.4 Å². The van der Waals surface area contributed by atoms with Gasteiger partial charge in [-0.15, -0.1) is 0 Å². The maximum Gasteiger partial charge on any atom is 0.321 e. The molecule has 0 bridgehead atoms. The lowest BCUT2D eigenvalue weighted by atomic mass is 10.2. The van der Waals surface area contributed by atoms with Crippen LogP contribution < -0.4 is 19.7 Å². The molecular weight excluding hydrogens is 442 g/mol. The van der Waals surface area contributed by atoms with Crippen LogP contribution in [0.1, 0.15) is 5.56 Å². The third-order valence-electron chi connectivity index (χ3n) is 6.46. The number of para-hydroxylation sites is 2. The average Bonchev–Trinajstić information content (AvgIpc) is 3.27. The van der Waals surface area contributed by atoms with E-state index < -0.39 is 0 Å². The van der Waals surface area contributed by atoms with Crippen molar-refractivity contribution in [2.24, 2.45) is 0 Å². The van der Waals surface area contributed by atoms with Gasteiger partial charge in [0.15, 0.2) is 11.5 Å². The molecule has 4 aromatic rings. The zero-order valence-electron chi connectivity index (χ0n) is 19.4. The van der Waals surface area contributed by atoms with Crippen LogP contribution in [0, 0.1) is 0 Å². The number of nitrogens with one attached hydrogen (secondary N) is 1. The van der Waals surface area contributed by atoms with Crippen LogP contribution in [0.2, 0.25) is 0 Å². The van der Waals surface area contributed by atoms with Crippen LogP contribution >= 0.6 is 0 Å². The first-order chi connectivity index (χ1) is 17.2. The van der Waals surface area contributed by atoms with Gasteiger partial charge in [0.25, 0.3) is 0 Å². The summed E-state index contributed by atoms with van der Waals surface area (Å²) >= 11 is 0. The summed E-state index contributed by atoms with van der Waals surface area (Å²) in [7, 11) is 0. The molecule has 3 aromatic carbocycles. The largest absolute Gasteiger partial charge is 0.486 e. The lowest BCUT2D eigenvalue weighted by Crippen LogP contribution is -2.50. The predicted octanol–water partition coefficient (Wildman–Crippen LogP) is 4.21.